The highest BCUT2D eigenvalue weighted by Crippen LogP contribution is 2.35. The van der Waals surface area contributed by atoms with Gasteiger partial charge in [0.25, 0.3) is 0 Å². The highest BCUT2D eigenvalue weighted by Gasteiger charge is 2.36. The van der Waals surface area contributed by atoms with Crippen LogP contribution in [0.1, 0.15) is 12.0 Å². The second-order valence-electron chi connectivity index (χ2n) is 4.48. The van der Waals surface area contributed by atoms with Crippen molar-refractivity contribution in [1.82, 2.24) is 0 Å². The number of esters is 1. The minimum atomic E-state index is -0.440. The molecule has 19 heavy (non-hydrogen) atoms. The fraction of sp³-hybridized carbons (Fsp3) is 0.385. The average Bonchev–Trinajstić information content (AvgIpc) is 2.75. The van der Waals surface area contributed by atoms with Crippen molar-refractivity contribution in [3.8, 4) is 0 Å². The molecule has 0 spiro atoms. The summed E-state index contributed by atoms with van der Waals surface area (Å²) in [5.74, 6) is -0.957. The number of amides is 1. The largest absolute Gasteiger partial charge is 0.469 e. The number of halogens is 2. The smallest absolute Gasteiger partial charge is 0.311 e. The number of hydrogen-bond donors (Lipinski definition) is 0. The maximum atomic E-state index is 12.0. The van der Waals surface area contributed by atoms with Crippen LogP contribution < -0.4 is 4.90 Å². The van der Waals surface area contributed by atoms with E-state index in [2.05, 4.69) is 4.74 Å². The van der Waals surface area contributed by atoms with Crippen LogP contribution in [-0.4, -0.2) is 25.5 Å². The van der Waals surface area contributed by atoms with Crippen LogP contribution in [0.5, 0.6) is 0 Å². The van der Waals surface area contributed by atoms with Crippen LogP contribution in [0, 0.1) is 12.8 Å². The standard InChI is InChI=1S/C13H13Cl2NO3/c1-7-3-11(10(15)5-9(7)14)16-6-8(4-12(16)17)13(18)19-2/h3,5,8H,4,6H2,1-2H3. The van der Waals surface area contributed by atoms with Gasteiger partial charge < -0.3 is 9.64 Å². The quantitative estimate of drug-likeness (QED) is 0.789. The Balaban J connectivity index is 2.30. The molecule has 1 aliphatic heterocycles. The highest BCUT2D eigenvalue weighted by molar-refractivity contribution is 6.37. The number of benzene rings is 1. The zero-order chi connectivity index (χ0) is 14.2. The molecule has 1 fully saturated rings. The van der Waals surface area contributed by atoms with Gasteiger partial charge in [-0.3, -0.25) is 9.59 Å². The van der Waals surface area contributed by atoms with Gasteiger partial charge in [-0.15, -0.1) is 0 Å². The van der Waals surface area contributed by atoms with Crippen LogP contribution in [0.25, 0.3) is 0 Å². The van der Waals surface area contributed by atoms with Gasteiger partial charge in [-0.25, -0.2) is 0 Å². The molecule has 0 bridgehead atoms. The summed E-state index contributed by atoms with van der Waals surface area (Å²) in [5, 5.41) is 0.944. The zero-order valence-electron chi connectivity index (χ0n) is 10.6. The Hall–Kier alpha value is -1.26. The van der Waals surface area contributed by atoms with Crippen LogP contribution in [0.4, 0.5) is 5.69 Å². The lowest BCUT2D eigenvalue weighted by molar-refractivity contribution is -0.145. The maximum absolute atomic E-state index is 12.0. The van der Waals surface area contributed by atoms with Crippen molar-refractivity contribution in [2.24, 2.45) is 5.92 Å². The Labute approximate surface area is 121 Å². The number of hydrogen-bond acceptors (Lipinski definition) is 3. The summed E-state index contributed by atoms with van der Waals surface area (Å²) < 4.78 is 4.67. The Morgan fingerprint density at radius 2 is 2.05 bits per heavy atom. The third-order valence-electron chi connectivity index (χ3n) is 3.18. The number of aryl methyl sites for hydroxylation is 1. The number of anilines is 1. The molecule has 0 aliphatic carbocycles. The molecule has 0 aromatic heterocycles. The first-order valence-electron chi connectivity index (χ1n) is 5.78. The molecule has 1 heterocycles. The van der Waals surface area contributed by atoms with Gasteiger partial charge in [-0.1, -0.05) is 23.2 Å². The summed E-state index contributed by atoms with van der Waals surface area (Å²) >= 11 is 12.1. The Kier molecular flexibility index (Phi) is 4.02. The number of rotatable bonds is 2. The molecule has 1 aromatic rings. The Morgan fingerprint density at radius 3 is 2.68 bits per heavy atom. The van der Waals surface area contributed by atoms with Crippen molar-refractivity contribution in [2.75, 3.05) is 18.6 Å². The maximum Gasteiger partial charge on any atom is 0.311 e. The molecule has 1 saturated heterocycles. The van der Waals surface area contributed by atoms with Crippen LogP contribution in [0.2, 0.25) is 10.0 Å². The van der Waals surface area contributed by atoms with E-state index in [0.717, 1.165) is 5.56 Å². The van der Waals surface area contributed by atoms with Gasteiger partial charge in [-0.2, -0.15) is 0 Å². The van der Waals surface area contributed by atoms with Gasteiger partial charge in [0.15, 0.2) is 0 Å². The van der Waals surface area contributed by atoms with Gasteiger partial charge in [0.1, 0.15) is 0 Å². The summed E-state index contributed by atoms with van der Waals surface area (Å²) in [6.45, 7) is 2.12. The number of nitrogens with zero attached hydrogens (tertiary/aromatic N) is 1. The van der Waals surface area contributed by atoms with E-state index in [9.17, 15) is 9.59 Å². The van der Waals surface area contributed by atoms with Crippen LogP contribution >= 0.6 is 23.2 Å². The van der Waals surface area contributed by atoms with E-state index in [0.29, 0.717) is 15.7 Å². The van der Waals surface area contributed by atoms with Gasteiger partial charge in [0.2, 0.25) is 5.91 Å². The van der Waals surface area contributed by atoms with Crippen molar-refractivity contribution >= 4 is 40.8 Å². The predicted molar refractivity (Wildman–Crippen MR) is 73.7 cm³/mol. The minimum absolute atomic E-state index is 0.140. The van der Waals surface area contributed by atoms with Crippen LogP contribution in [-0.2, 0) is 14.3 Å². The molecule has 2 rings (SSSR count). The number of carbonyl (C=O) groups excluding carboxylic acids is 2. The van der Waals surface area contributed by atoms with Gasteiger partial charge in [0.05, 0.1) is 23.7 Å². The minimum Gasteiger partial charge on any atom is -0.469 e. The van der Waals surface area contributed by atoms with E-state index in [4.69, 9.17) is 23.2 Å². The summed E-state index contributed by atoms with van der Waals surface area (Å²) in [6, 6.07) is 3.36. The van der Waals surface area contributed by atoms with Crippen LogP contribution in [0.3, 0.4) is 0 Å². The van der Waals surface area contributed by atoms with E-state index < -0.39 is 5.92 Å². The summed E-state index contributed by atoms with van der Waals surface area (Å²) in [6.07, 6.45) is 0.144. The summed E-state index contributed by atoms with van der Waals surface area (Å²) in [4.78, 5) is 25.0. The van der Waals surface area contributed by atoms with E-state index in [1.165, 1.54) is 12.0 Å². The molecule has 1 aromatic carbocycles. The van der Waals surface area contributed by atoms with Gasteiger partial charge in [0, 0.05) is 18.0 Å². The third kappa shape index (κ3) is 2.69. The highest BCUT2D eigenvalue weighted by atomic mass is 35.5. The number of ether oxygens (including phenoxy) is 1. The molecule has 1 atom stereocenters. The molecule has 1 amide bonds. The van der Waals surface area contributed by atoms with E-state index in [1.807, 2.05) is 6.92 Å². The molecule has 102 valence electrons. The lowest BCUT2D eigenvalue weighted by Crippen LogP contribution is -2.26. The van der Waals surface area contributed by atoms with Crippen molar-refractivity contribution in [1.29, 1.82) is 0 Å². The van der Waals surface area contributed by atoms with Crippen LogP contribution in [0.15, 0.2) is 12.1 Å². The molecule has 0 saturated carbocycles. The fourth-order valence-electron chi connectivity index (χ4n) is 2.11. The SMILES string of the molecule is COC(=O)C1CC(=O)N(c2cc(C)c(Cl)cc2Cl)C1. The molecule has 1 aliphatic rings. The Morgan fingerprint density at radius 1 is 1.37 bits per heavy atom. The Bertz CT molecular complexity index is 545. The molecule has 0 N–H and O–H groups in total. The molecule has 1 unspecified atom stereocenters. The van der Waals surface area contributed by atoms with Crippen molar-refractivity contribution in [2.45, 2.75) is 13.3 Å². The van der Waals surface area contributed by atoms with E-state index >= 15 is 0 Å². The fourth-order valence-corrected chi connectivity index (χ4v) is 2.60. The van der Waals surface area contributed by atoms with Crippen molar-refractivity contribution in [3.05, 3.63) is 27.7 Å². The predicted octanol–water partition coefficient (Wildman–Crippen LogP) is 2.83. The third-order valence-corrected chi connectivity index (χ3v) is 3.89. The second kappa shape index (κ2) is 5.39. The van der Waals surface area contributed by atoms with Crippen molar-refractivity contribution < 1.29 is 14.3 Å². The van der Waals surface area contributed by atoms with Gasteiger partial charge >= 0.3 is 5.97 Å². The lowest BCUT2D eigenvalue weighted by Gasteiger charge is -2.19. The molecule has 0 radical (unpaired) electrons. The molecule has 6 heteroatoms. The van der Waals surface area contributed by atoms with Crippen molar-refractivity contribution in [3.63, 3.8) is 0 Å². The van der Waals surface area contributed by atoms with E-state index in [-0.39, 0.29) is 24.8 Å². The first-order valence-corrected chi connectivity index (χ1v) is 6.53. The topological polar surface area (TPSA) is 46.6 Å². The lowest BCUT2D eigenvalue weighted by atomic mass is 10.1. The van der Waals surface area contributed by atoms with E-state index in [1.54, 1.807) is 12.1 Å². The molecular formula is C13H13Cl2NO3. The molecular weight excluding hydrogens is 289 g/mol. The monoisotopic (exact) mass is 301 g/mol. The first-order chi connectivity index (χ1) is 8.93. The van der Waals surface area contributed by atoms with Gasteiger partial charge in [-0.05, 0) is 24.6 Å². The number of methoxy groups -OCH3 is 1. The first kappa shape index (κ1) is 14.2. The second-order valence-corrected chi connectivity index (χ2v) is 5.30. The normalized spacial score (nSPS) is 18.8. The summed E-state index contributed by atoms with van der Waals surface area (Å²) in [7, 11) is 1.31. The zero-order valence-corrected chi connectivity index (χ0v) is 12.1. The average molecular weight is 302 g/mol. The number of carbonyl (C=O) groups is 2. The summed E-state index contributed by atoms with van der Waals surface area (Å²) in [5.41, 5.74) is 1.41. The molecule has 4 nitrogen and oxygen atoms in total.